The molecule has 45 heavy (non-hydrogen) atoms. The molecule has 3 aromatic carbocycles. The Morgan fingerprint density at radius 3 is 2.44 bits per heavy atom. The maximum absolute atomic E-state index is 14.0. The molecule has 6 rings (SSSR count). The van der Waals surface area contributed by atoms with Gasteiger partial charge in [0.1, 0.15) is 11.8 Å². The quantitative estimate of drug-likeness (QED) is 0.268. The molecule has 232 valence electrons. The predicted octanol–water partition coefficient (Wildman–Crippen LogP) is 5.39. The number of carbonyl (C=O) groups is 3. The number of aromatic hydroxyl groups is 1. The molecule has 9 nitrogen and oxygen atoms in total. The van der Waals surface area contributed by atoms with Crippen LogP contribution in [0.25, 0.3) is 0 Å². The highest BCUT2D eigenvalue weighted by Crippen LogP contribution is 2.54. The predicted molar refractivity (Wildman–Crippen MR) is 162 cm³/mol. The molecule has 4 aromatic rings. The van der Waals surface area contributed by atoms with E-state index in [1.165, 1.54) is 35.9 Å². The highest BCUT2D eigenvalue weighted by atomic mass is 32.2. The summed E-state index contributed by atoms with van der Waals surface area (Å²) in [6.07, 6.45) is -4.70. The number of methoxy groups -OCH3 is 1. The SMILES string of the molecule is COc1cc([C@@H]2c3sc(=O)n(CC(=O)Nc4ccc(C)cc4)c3S[C@@H]3C(=O)N(c4cccc(C(F)(F)F)c4)C(=O)[C@H]23)ccc1O. The molecule has 0 saturated carbocycles. The van der Waals surface area contributed by atoms with Gasteiger partial charge in [0.05, 0.1) is 29.3 Å². The molecule has 0 aliphatic carbocycles. The number of benzene rings is 3. The summed E-state index contributed by atoms with van der Waals surface area (Å²) in [5, 5.41) is 12.2. The maximum atomic E-state index is 14.0. The van der Waals surface area contributed by atoms with E-state index in [9.17, 15) is 37.5 Å². The summed E-state index contributed by atoms with van der Waals surface area (Å²) in [6, 6.07) is 15.4. The first-order valence-corrected chi connectivity index (χ1v) is 15.3. The summed E-state index contributed by atoms with van der Waals surface area (Å²) in [6.45, 7) is 1.52. The Hall–Kier alpha value is -4.56. The molecule has 2 aliphatic rings. The third-order valence-corrected chi connectivity index (χ3v) is 10.3. The van der Waals surface area contributed by atoms with Crippen molar-refractivity contribution in [2.75, 3.05) is 17.3 Å². The molecule has 3 atom stereocenters. The van der Waals surface area contributed by atoms with Gasteiger partial charge in [-0.25, -0.2) is 4.90 Å². The minimum Gasteiger partial charge on any atom is -0.504 e. The molecule has 0 unspecified atom stereocenters. The van der Waals surface area contributed by atoms with Gasteiger partial charge in [0, 0.05) is 16.5 Å². The number of aromatic nitrogens is 1. The van der Waals surface area contributed by atoms with Crippen LogP contribution in [0.15, 0.2) is 76.6 Å². The van der Waals surface area contributed by atoms with Gasteiger partial charge in [0.2, 0.25) is 17.7 Å². The molecule has 3 heterocycles. The van der Waals surface area contributed by atoms with E-state index in [4.69, 9.17) is 4.74 Å². The lowest BCUT2D eigenvalue weighted by Crippen LogP contribution is -2.33. The van der Waals surface area contributed by atoms with Crippen LogP contribution in [0.3, 0.4) is 0 Å². The highest BCUT2D eigenvalue weighted by molar-refractivity contribution is 8.00. The summed E-state index contributed by atoms with van der Waals surface area (Å²) in [7, 11) is 1.34. The van der Waals surface area contributed by atoms with Crippen LogP contribution in [0, 0.1) is 12.8 Å². The topological polar surface area (TPSA) is 118 Å². The molecule has 1 aromatic heterocycles. The second-order valence-corrected chi connectivity index (χ2v) is 12.7. The van der Waals surface area contributed by atoms with Crippen molar-refractivity contribution >= 4 is 52.2 Å². The number of halogens is 3. The van der Waals surface area contributed by atoms with Gasteiger partial charge in [-0.15, -0.1) is 0 Å². The Morgan fingerprint density at radius 1 is 1.02 bits per heavy atom. The van der Waals surface area contributed by atoms with Crippen molar-refractivity contribution in [2.45, 2.75) is 35.8 Å². The van der Waals surface area contributed by atoms with E-state index in [0.717, 1.165) is 51.8 Å². The molecule has 3 amide bonds. The number of thioether (sulfide) groups is 1. The van der Waals surface area contributed by atoms with Gasteiger partial charge in [-0.3, -0.25) is 23.7 Å². The largest absolute Gasteiger partial charge is 0.504 e. The Bertz CT molecular complexity index is 1900. The number of nitrogens with zero attached hydrogens (tertiary/aromatic N) is 2. The number of carbonyl (C=O) groups excluding carboxylic acids is 3. The van der Waals surface area contributed by atoms with E-state index >= 15 is 0 Å². The van der Waals surface area contributed by atoms with Crippen molar-refractivity contribution in [1.29, 1.82) is 0 Å². The van der Waals surface area contributed by atoms with E-state index in [1.54, 1.807) is 12.1 Å². The molecule has 0 spiro atoms. The van der Waals surface area contributed by atoms with Crippen molar-refractivity contribution in [3.63, 3.8) is 0 Å². The number of rotatable bonds is 6. The molecular formula is C31H24F3N3O6S2. The van der Waals surface area contributed by atoms with Crippen LogP contribution in [0.2, 0.25) is 0 Å². The summed E-state index contributed by atoms with van der Waals surface area (Å²) in [5.41, 5.74) is 0.711. The molecule has 1 saturated heterocycles. The van der Waals surface area contributed by atoms with Gasteiger partial charge in [-0.05, 0) is 55.0 Å². The number of nitrogens with one attached hydrogen (secondary N) is 1. The van der Waals surface area contributed by atoms with Crippen LogP contribution >= 0.6 is 23.1 Å². The number of fused-ring (bicyclic) bond motifs is 2. The van der Waals surface area contributed by atoms with E-state index in [0.29, 0.717) is 21.2 Å². The molecule has 0 radical (unpaired) electrons. The van der Waals surface area contributed by atoms with E-state index in [-0.39, 0.29) is 23.7 Å². The minimum atomic E-state index is -4.70. The van der Waals surface area contributed by atoms with Crippen LogP contribution in [0.1, 0.15) is 27.5 Å². The molecule has 2 N–H and O–H groups in total. The molecule has 2 aliphatic heterocycles. The molecule has 14 heteroatoms. The highest BCUT2D eigenvalue weighted by Gasteiger charge is 2.57. The number of hydrogen-bond acceptors (Lipinski definition) is 8. The van der Waals surface area contributed by atoms with Crippen LogP contribution in [-0.4, -0.2) is 39.8 Å². The van der Waals surface area contributed by atoms with Crippen molar-refractivity contribution < 1.29 is 37.4 Å². The van der Waals surface area contributed by atoms with Gasteiger partial charge >= 0.3 is 11.0 Å². The molecular weight excluding hydrogens is 631 g/mol. The molecule has 0 bridgehead atoms. The van der Waals surface area contributed by atoms with Crippen LogP contribution < -0.4 is 19.8 Å². The number of ether oxygens (including phenoxy) is 1. The van der Waals surface area contributed by atoms with Crippen LogP contribution in [0.4, 0.5) is 24.5 Å². The number of aryl methyl sites for hydroxylation is 1. The first kappa shape index (κ1) is 30.5. The maximum Gasteiger partial charge on any atom is 0.416 e. The Labute approximate surface area is 262 Å². The fraction of sp³-hybridized carbons (Fsp3) is 0.226. The lowest BCUT2D eigenvalue weighted by Gasteiger charge is -2.31. The lowest BCUT2D eigenvalue weighted by atomic mass is 9.83. The second kappa shape index (κ2) is 11.4. The number of phenolic OH excluding ortho intramolecular Hbond substituents is 1. The average molecular weight is 656 g/mol. The number of hydrogen-bond donors (Lipinski definition) is 2. The van der Waals surface area contributed by atoms with Crippen LogP contribution in [-0.2, 0) is 27.1 Å². The summed E-state index contributed by atoms with van der Waals surface area (Å²) in [4.78, 5) is 54.9. The number of imide groups is 1. The van der Waals surface area contributed by atoms with Gasteiger partial charge in [-0.2, -0.15) is 13.2 Å². The number of alkyl halides is 3. The number of amides is 3. The monoisotopic (exact) mass is 655 g/mol. The van der Waals surface area contributed by atoms with Gasteiger partial charge in [-0.1, -0.05) is 52.9 Å². The fourth-order valence-corrected chi connectivity index (χ4v) is 8.33. The Morgan fingerprint density at radius 2 is 1.76 bits per heavy atom. The second-order valence-electron chi connectivity index (χ2n) is 10.6. The average Bonchev–Trinajstić information content (AvgIpc) is 3.44. The van der Waals surface area contributed by atoms with E-state index in [1.807, 2.05) is 19.1 Å². The van der Waals surface area contributed by atoms with Crippen LogP contribution in [0.5, 0.6) is 11.5 Å². The van der Waals surface area contributed by atoms with Gasteiger partial charge in [0.15, 0.2) is 11.5 Å². The van der Waals surface area contributed by atoms with Crippen molar-refractivity contribution in [3.8, 4) is 11.5 Å². The zero-order valence-corrected chi connectivity index (χ0v) is 25.3. The first-order chi connectivity index (χ1) is 21.4. The smallest absolute Gasteiger partial charge is 0.416 e. The summed E-state index contributed by atoms with van der Waals surface area (Å²) >= 11 is 1.75. The van der Waals surface area contributed by atoms with Gasteiger partial charge < -0.3 is 15.2 Å². The normalized spacial score (nSPS) is 19.3. The summed E-state index contributed by atoms with van der Waals surface area (Å²) < 4.78 is 47.1. The third-order valence-electron chi connectivity index (χ3n) is 7.68. The van der Waals surface area contributed by atoms with E-state index in [2.05, 4.69) is 5.32 Å². The Balaban J connectivity index is 1.43. The van der Waals surface area contributed by atoms with Gasteiger partial charge in [0.25, 0.3) is 0 Å². The van der Waals surface area contributed by atoms with Crippen molar-refractivity contribution in [2.24, 2.45) is 5.92 Å². The fourth-order valence-electron chi connectivity index (χ4n) is 5.56. The number of anilines is 2. The standard InChI is InChI=1S/C31H24F3N3O6S2/c1-15-6-9-18(10-7-15)35-22(39)14-36-29-26(45-30(36)42)23(16-8-11-20(38)21(12-16)43-2)24-25(44-29)28(41)37(27(24)40)19-5-3-4-17(13-19)31(32,33)34/h3-13,23-25,38H,14H2,1-2H3,(H,35,39)/t23-,24+,25-/m0/s1. The zero-order chi connectivity index (χ0) is 32.2. The van der Waals surface area contributed by atoms with E-state index < -0.39 is 51.4 Å². The zero-order valence-electron chi connectivity index (χ0n) is 23.6. The Kier molecular flexibility index (Phi) is 7.73. The minimum absolute atomic E-state index is 0.0830. The number of phenols is 1. The first-order valence-electron chi connectivity index (χ1n) is 13.6. The number of thiazole rings is 1. The van der Waals surface area contributed by atoms with Crippen molar-refractivity contribution in [1.82, 2.24) is 4.57 Å². The third kappa shape index (κ3) is 5.48. The lowest BCUT2D eigenvalue weighted by molar-refractivity contribution is -0.137. The molecule has 1 fully saturated rings. The summed E-state index contributed by atoms with van der Waals surface area (Å²) in [5.74, 6) is -4.08. The van der Waals surface area contributed by atoms with Crippen molar-refractivity contribution in [3.05, 3.63) is 98.0 Å².